The van der Waals surface area contributed by atoms with Crippen molar-refractivity contribution in [2.45, 2.75) is 12.8 Å². The standard InChI is InChI=1S/C23H27NO9/c1-27-16-6-5-13(9-18(16)32-23(26)33-20(25)11-24)7-14-8-15-17(31-12-14)10-19(28-2)22(30-4)21(15)29-3/h5-6,9-10,14H,7-8,11-12,24H2,1-4H3. The van der Waals surface area contributed by atoms with Crippen LogP contribution in [0.5, 0.6) is 34.5 Å². The van der Waals surface area contributed by atoms with Crippen LogP contribution >= 0.6 is 0 Å². The summed E-state index contributed by atoms with van der Waals surface area (Å²) in [7, 11) is 6.13. The first-order valence-corrected chi connectivity index (χ1v) is 10.2. The molecule has 178 valence electrons. The summed E-state index contributed by atoms with van der Waals surface area (Å²) >= 11 is 0. The molecular weight excluding hydrogens is 434 g/mol. The second kappa shape index (κ2) is 10.8. The lowest BCUT2D eigenvalue weighted by molar-refractivity contribution is -0.137. The van der Waals surface area contributed by atoms with E-state index >= 15 is 0 Å². The molecule has 2 aromatic rings. The van der Waals surface area contributed by atoms with Gasteiger partial charge >= 0.3 is 12.1 Å². The Kier molecular flexibility index (Phi) is 7.83. The van der Waals surface area contributed by atoms with Gasteiger partial charge < -0.3 is 38.9 Å². The summed E-state index contributed by atoms with van der Waals surface area (Å²) in [5, 5.41) is 0. The third kappa shape index (κ3) is 5.40. The van der Waals surface area contributed by atoms with Crippen LogP contribution in [0.3, 0.4) is 0 Å². The number of carbonyl (C=O) groups excluding carboxylic acids is 2. The number of hydrogen-bond acceptors (Lipinski definition) is 10. The number of benzene rings is 2. The van der Waals surface area contributed by atoms with E-state index in [4.69, 9.17) is 34.2 Å². The third-order valence-corrected chi connectivity index (χ3v) is 5.17. The molecule has 0 bridgehead atoms. The van der Waals surface area contributed by atoms with Crippen molar-refractivity contribution in [2.75, 3.05) is 41.6 Å². The van der Waals surface area contributed by atoms with Crippen molar-refractivity contribution in [3.8, 4) is 34.5 Å². The van der Waals surface area contributed by atoms with E-state index < -0.39 is 18.7 Å². The van der Waals surface area contributed by atoms with E-state index in [-0.39, 0.29) is 11.7 Å². The molecule has 10 nitrogen and oxygen atoms in total. The van der Waals surface area contributed by atoms with E-state index in [1.165, 1.54) is 7.11 Å². The fourth-order valence-electron chi connectivity index (χ4n) is 3.71. The Balaban J connectivity index is 1.80. The molecular formula is C23H27NO9. The Morgan fingerprint density at radius 3 is 2.33 bits per heavy atom. The van der Waals surface area contributed by atoms with Gasteiger partial charge in [0.25, 0.3) is 0 Å². The van der Waals surface area contributed by atoms with Crippen LogP contribution in [0.15, 0.2) is 24.3 Å². The molecule has 0 fully saturated rings. The average Bonchev–Trinajstić information content (AvgIpc) is 2.82. The molecule has 0 saturated heterocycles. The molecule has 0 aliphatic carbocycles. The molecule has 1 aliphatic heterocycles. The predicted octanol–water partition coefficient (Wildman–Crippen LogP) is 2.52. The summed E-state index contributed by atoms with van der Waals surface area (Å²) in [6.07, 6.45) is 0.115. The van der Waals surface area contributed by atoms with Crippen LogP contribution in [-0.2, 0) is 22.4 Å². The van der Waals surface area contributed by atoms with Gasteiger partial charge in [0, 0.05) is 17.5 Å². The summed E-state index contributed by atoms with van der Waals surface area (Å²) < 4.78 is 37.3. The lowest BCUT2D eigenvalue weighted by Crippen LogP contribution is -2.24. The monoisotopic (exact) mass is 461 g/mol. The summed E-state index contributed by atoms with van der Waals surface area (Å²) in [4.78, 5) is 23.1. The van der Waals surface area contributed by atoms with E-state index in [0.717, 1.165) is 11.1 Å². The SMILES string of the molecule is COc1ccc(CC2COc3cc(OC)c(OC)c(OC)c3C2)cc1OC(=O)OC(=O)CN. The zero-order valence-corrected chi connectivity index (χ0v) is 19.0. The molecule has 3 rings (SSSR count). The van der Waals surface area contributed by atoms with E-state index in [2.05, 4.69) is 4.74 Å². The highest BCUT2D eigenvalue weighted by Gasteiger charge is 2.28. The maximum atomic E-state index is 11.8. The molecule has 1 heterocycles. The molecule has 1 aliphatic rings. The van der Waals surface area contributed by atoms with Crippen LogP contribution in [0.25, 0.3) is 0 Å². The molecule has 0 spiro atoms. The first kappa shape index (κ1) is 24.0. The number of methoxy groups -OCH3 is 4. The van der Waals surface area contributed by atoms with Gasteiger partial charge in [0.1, 0.15) is 5.75 Å². The van der Waals surface area contributed by atoms with Crippen molar-refractivity contribution in [3.05, 3.63) is 35.4 Å². The van der Waals surface area contributed by atoms with Crippen molar-refractivity contribution in [1.82, 2.24) is 0 Å². The first-order chi connectivity index (χ1) is 15.9. The van der Waals surface area contributed by atoms with Crippen molar-refractivity contribution in [1.29, 1.82) is 0 Å². The van der Waals surface area contributed by atoms with Gasteiger partial charge in [-0.1, -0.05) is 6.07 Å². The van der Waals surface area contributed by atoms with Crippen LogP contribution in [0.1, 0.15) is 11.1 Å². The number of carbonyl (C=O) groups is 2. The highest BCUT2D eigenvalue weighted by Crippen LogP contribution is 2.47. The Morgan fingerprint density at radius 1 is 0.970 bits per heavy atom. The van der Waals surface area contributed by atoms with Gasteiger partial charge in [0.05, 0.1) is 41.6 Å². The topological polar surface area (TPSA) is 125 Å². The Morgan fingerprint density at radius 2 is 1.70 bits per heavy atom. The molecule has 1 unspecified atom stereocenters. The largest absolute Gasteiger partial charge is 0.521 e. The fourth-order valence-corrected chi connectivity index (χ4v) is 3.71. The fraction of sp³-hybridized carbons (Fsp3) is 0.391. The van der Waals surface area contributed by atoms with Crippen molar-refractivity contribution in [2.24, 2.45) is 11.7 Å². The lowest BCUT2D eigenvalue weighted by atomic mass is 9.90. The average molecular weight is 461 g/mol. The zero-order chi connectivity index (χ0) is 24.0. The molecule has 2 aromatic carbocycles. The van der Waals surface area contributed by atoms with Gasteiger partial charge in [0.2, 0.25) is 5.75 Å². The van der Waals surface area contributed by atoms with Gasteiger partial charge in [0.15, 0.2) is 23.0 Å². The van der Waals surface area contributed by atoms with E-state index in [9.17, 15) is 9.59 Å². The van der Waals surface area contributed by atoms with E-state index in [1.807, 2.05) is 6.07 Å². The van der Waals surface area contributed by atoms with Crippen molar-refractivity contribution >= 4 is 12.1 Å². The number of fused-ring (bicyclic) bond motifs is 1. The van der Waals surface area contributed by atoms with Crippen LogP contribution < -0.4 is 34.2 Å². The third-order valence-electron chi connectivity index (χ3n) is 5.17. The quantitative estimate of drug-likeness (QED) is 0.356. The second-order valence-electron chi connectivity index (χ2n) is 7.22. The molecule has 0 radical (unpaired) electrons. The molecule has 1 atom stereocenters. The zero-order valence-electron chi connectivity index (χ0n) is 19.0. The Bertz CT molecular complexity index is 1020. The maximum Gasteiger partial charge on any atom is 0.521 e. The number of esters is 1. The minimum absolute atomic E-state index is 0.108. The Labute approximate surface area is 191 Å². The minimum atomic E-state index is -1.18. The second-order valence-corrected chi connectivity index (χ2v) is 7.22. The van der Waals surface area contributed by atoms with E-state index in [1.54, 1.807) is 39.5 Å². The number of ether oxygens (including phenoxy) is 7. The Hall–Kier alpha value is -3.66. The normalized spacial score (nSPS) is 14.4. The van der Waals surface area contributed by atoms with Gasteiger partial charge in [-0.25, -0.2) is 4.79 Å². The molecule has 10 heteroatoms. The van der Waals surface area contributed by atoms with Gasteiger partial charge in [-0.3, -0.25) is 4.79 Å². The molecule has 2 N–H and O–H groups in total. The number of hydrogen-bond donors (Lipinski definition) is 1. The molecule has 0 saturated carbocycles. The highest BCUT2D eigenvalue weighted by atomic mass is 16.7. The first-order valence-electron chi connectivity index (χ1n) is 10.2. The molecule has 0 amide bonds. The van der Waals surface area contributed by atoms with Gasteiger partial charge in [-0.15, -0.1) is 0 Å². The molecule has 33 heavy (non-hydrogen) atoms. The van der Waals surface area contributed by atoms with Gasteiger partial charge in [-0.2, -0.15) is 0 Å². The molecule has 0 aromatic heterocycles. The van der Waals surface area contributed by atoms with Crippen LogP contribution in [0.4, 0.5) is 4.79 Å². The van der Waals surface area contributed by atoms with Crippen LogP contribution in [0.2, 0.25) is 0 Å². The van der Waals surface area contributed by atoms with Crippen LogP contribution in [0, 0.1) is 5.92 Å². The summed E-state index contributed by atoms with van der Waals surface area (Å²) in [6, 6.07) is 6.99. The smallest absolute Gasteiger partial charge is 0.493 e. The number of rotatable bonds is 8. The highest BCUT2D eigenvalue weighted by molar-refractivity contribution is 5.84. The summed E-state index contributed by atoms with van der Waals surface area (Å²) in [5.74, 6) is 1.96. The summed E-state index contributed by atoms with van der Waals surface area (Å²) in [6.45, 7) is 0.0381. The summed E-state index contributed by atoms with van der Waals surface area (Å²) in [5.41, 5.74) is 6.91. The lowest BCUT2D eigenvalue weighted by Gasteiger charge is -2.28. The predicted molar refractivity (Wildman–Crippen MR) is 117 cm³/mol. The van der Waals surface area contributed by atoms with Crippen LogP contribution in [-0.4, -0.2) is 53.7 Å². The maximum absolute atomic E-state index is 11.8. The minimum Gasteiger partial charge on any atom is -0.493 e. The van der Waals surface area contributed by atoms with Crippen molar-refractivity contribution < 1.29 is 42.7 Å². The van der Waals surface area contributed by atoms with E-state index in [0.29, 0.717) is 48.2 Å². The number of nitrogens with two attached hydrogens (primary N) is 1. The van der Waals surface area contributed by atoms with Crippen molar-refractivity contribution in [3.63, 3.8) is 0 Å². The van der Waals surface area contributed by atoms with Gasteiger partial charge in [-0.05, 0) is 30.5 Å².